The van der Waals surface area contributed by atoms with Gasteiger partial charge < -0.3 is 9.47 Å². The largest absolute Gasteiger partial charge is 0.488 e. The Bertz CT molecular complexity index is 601. The molecule has 0 fully saturated rings. The topological polar surface area (TPSA) is 18.5 Å². The summed E-state index contributed by atoms with van der Waals surface area (Å²) in [6, 6.07) is 12.3. The fourth-order valence-electron chi connectivity index (χ4n) is 2.08. The Kier molecular flexibility index (Phi) is 3.68. The van der Waals surface area contributed by atoms with Crippen molar-refractivity contribution in [3.63, 3.8) is 0 Å². The third-order valence-electron chi connectivity index (χ3n) is 2.64. The van der Waals surface area contributed by atoms with Crippen molar-refractivity contribution in [1.82, 2.24) is 0 Å². The Balaban J connectivity index is 2.52. The van der Waals surface area contributed by atoms with Crippen molar-refractivity contribution < 1.29 is 9.47 Å². The molecule has 0 bridgehead atoms. The van der Waals surface area contributed by atoms with Crippen LogP contribution in [0, 0.1) is 0 Å². The van der Waals surface area contributed by atoms with Crippen LogP contribution in [0.3, 0.4) is 0 Å². The Morgan fingerprint density at radius 1 is 0.750 bits per heavy atom. The third-order valence-corrected chi connectivity index (χ3v) is 2.64. The molecule has 2 aromatic carbocycles. The summed E-state index contributed by atoms with van der Waals surface area (Å²) in [6.07, 6.45) is 0. The van der Waals surface area contributed by atoms with Crippen molar-refractivity contribution in [3.05, 3.63) is 36.4 Å². The minimum atomic E-state index is -0.233. The highest BCUT2D eigenvalue weighted by molar-refractivity contribution is 5.89. The van der Waals surface area contributed by atoms with Crippen LogP contribution in [-0.2, 0) is 0 Å². The van der Waals surface area contributed by atoms with Gasteiger partial charge in [-0.15, -0.1) is 0 Å². The first-order valence-electron chi connectivity index (χ1n) is 7.05. The van der Waals surface area contributed by atoms with Gasteiger partial charge >= 0.3 is 0 Å². The fourth-order valence-corrected chi connectivity index (χ4v) is 2.08. The van der Waals surface area contributed by atoms with Crippen molar-refractivity contribution in [1.29, 1.82) is 0 Å². The predicted octanol–water partition coefficient (Wildman–Crippen LogP) is 5.19. The highest BCUT2D eigenvalue weighted by Gasteiger charge is 2.17. The molecule has 2 heteroatoms. The summed E-state index contributed by atoms with van der Waals surface area (Å²) >= 11 is 0. The second-order valence-corrected chi connectivity index (χ2v) is 7.07. The van der Waals surface area contributed by atoms with E-state index in [-0.39, 0.29) is 11.2 Å². The van der Waals surface area contributed by atoms with Crippen molar-refractivity contribution in [3.8, 4) is 11.5 Å². The van der Waals surface area contributed by atoms with Crippen LogP contribution in [0.2, 0.25) is 0 Å². The van der Waals surface area contributed by atoms with Gasteiger partial charge in [-0.05, 0) is 53.0 Å². The molecule has 0 radical (unpaired) electrons. The number of fused-ring (bicyclic) bond motifs is 1. The van der Waals surface area contributed by atoms with Crippen LogP contribution >= 0.6 is 0 Å². The lowest BCUT2D eigenvalue weighted by Gasteiger charge is -2.25. The monoisotopic (exact) mass is 272 g/mol. The zero-order valence-electron chi connectivity index (χ0n) is 13.3. The van der Waals surface area contributed by atoms with E-state index in [0.29, 0.717) is 0 Å². The van der Waals surface area contributed by atoms with Crippen molar-refractivity contribution in [2.75, 3.05) is 0 Å². The summed E-state index contributed by atoms with van der Waals surface area (Å²) in [5.74, 6) is 1.71. The van der Waals surface area contributed by atoms with E-state index >= 15 is 0 Å². The van der Waals surface area contributed by atoms with E-state index in [1.165, 1.54) is 0 Å². The first-order chi connectivity index (χ1) is 9.14. The maximum Gasteiger partial charge on any atom is 0.131 e. The average molecular weight is 272 g/mol. The first kappa shape index (κ1) is 14.7. The van der Waals surface area contributed by atoms with Gasteiger partial charge in [0.05, 0.1) is 0 Å². The summed E-state index contributed by atoms with van der Waals surface area (Å²) in [5, 5.41) is 2.25. The van der Waals surface area contributed by atoms with Gasteiger partial charge in [-0.3, -0.25) is 0 Å². The molecule has 0 unspecified atom stereocenters. The number of benzene rings is 2. The Hall–Kier alpha value is -1.70. The van der Waals surface area contributed by atoms with Crippen LogP contribution in [0.4, 0.5) is 0 Å². The lowest BCUT2D eigenvalue weighted by Crippen LogP contribution is -2.24. The number of rotatable bonds is 2. The lowest BCUT2D eigenvalue weighted by molar-refractivity contribution is 0.123. The van der Waals surface area contributed by atoms with Gasteiger partial charge in [-0.1, -0.05) is 24.3 Å². The molecule has 20 heavy (non-hydrogen) atoms. The van der Waals surface area contributed by atoms with Gasteiger partial charge in [0.1, 0.15) is 22.7 Å². The van der Waals surface area contributed by atoms with Crippen molar-refractivity contribution in [2.24, 2.45) is 0 Å². The van der Waals surface area contributed by atoms with Crippen LogP contribution in [0.1, 0.15) is 41.5 Å². The molecule has 0 atom stereocenters. The summed E-state index contributed by atoms with van der Waals surface area (Å²) in [7, 11) is 0. The second kappa shape index (κ2) is 5.01. The van der Waals surface area contributed by atoms with Gasteiger partial charge in [-0.2, -0.15) is 0 Å². The number of hydrogen-bond acceptors (Lipinski definition) is 2. The molecule has 0 aliphatic carbocycles. The van der Waals surface area contributed by atoms with E-state index in [1.807, 2.05) is 39.0 Å². The maximum absolute atomic E-state index is 6.09. The average Bonchev–Trinajstić information content (AvgIpc) is 2.24. The second-order valence-electron chi connectivity index (χ2n) is 7.07. The normalized spacial score (nSPS) is 12.5. The summed E-state index contributed by atoms with van der Waals surface area (Å²) in [6.45, 7) is 12.3. The quantitative estimate of drug-likeness (QED) is 0.748. The van der Waals surface area contributed by atoms with Crippen LogP contribution < -0.4 is 9.47 Å². The van der Waals surface area contributed by atoms with Gasteiger partial charge in [0.25, 0.3) is 0 Å². The van der Waals surface area contributed by atoms with Crippen LogP contribution in [0.25, 0.3) is 10.8 Å². The van der Waals surface area contributed by atoms with Crippen molar-refractivity contribution in [2.45, 2.75) is 52.7 Å². The molecular weight excluding hydrogens is 248 g/mol. The van der Waals surface area contributed by atoms with Gasteiger partial charge in [0.2, 0.25) is 0 Å². The minimum absolute atomic E-state index is 0.221. The zero-order valence-corrected chi connectivity index (χ0v) is 13.3. The van der Waals surface area contributed by atoms with E-state index < -0.39 is 0 Å². The summed E-state index contributed by atoms with van der Waals surface area (Å²) in [5.41, 5.74) is -0.454. The molecule has 0 aliphatic heterocycles. The molecule has 0 saturated heterocycles. The molecule has 0 saturated carbocycles. The van der Waals surface area contributed by atoms with Gasteiger partial charge in [0.15, 0.2) is 0 Å². The zero-order chi connectivity index (χ0) is 15.0. The molecule has 0 aromatic heterocycles. The van der Waals surface area contributed by atoms with E-state index in [0.717, 1.165) is 22.3 Å². The van der Waals surface area contributed by atoms with E-state index in [1.54, 1.807) is 0 Å². The van der Waals surface area contributed by atoms with Gasteiger partial charge in [-0.25, -0.2) is 0 Å². The molecule has 2 aromatic rings. The Labute approximate surface area is 121 Å². The molecule has 0 aliphatic rings. The van der Waals surface area contributed by atoms with E-state index in [9.17, 15) is 0 Å². The molecule has 2 nitrogen and oxygen atoms in total. The fraction of sp³-hybridized carbons (Fsp3) is 0.444. The highest BCUT2D eigenvalue weighted by Crippen LogP contribution is 2.34. The highest BCUT2D eigenvalue weighted by atomic mass is 16.5. The standard InChI is InChI=1S/C18H24O2/c1-17(2,3)19-14-11-13-9-7-8-10-15(13)16(12-14)20-18(4,5)6/h7-12H,1-6H3. The minimum Gasteiger partial charge on any atom is -0.488 e. The van der Waals surface area contributed by atoms with Crippen LogP contribution in [-0.4, -0.2) is 11.2 Å². The lowest BCUT2D eigenvalue weighted by atomic mass is 10.1. The number of hydrogen-bond donors (Lipinski definition) is 0. The first-order valence-corrected chi connectivity index (χ1v) is 7.05. The molecule has 0 N–H and O–H groups in total. The molecule has 2 rings (SSSR count). The predicted molar refractivity (Wildman–Crippen MR) is 84.7 cm³/mol. The molecule has 0 heterocycles. The third kappa shape index (κ3) is 3.89. The van der Waals surface area contributed by atoms with Crippen molar-refractivity contribution >= 4 is 10.8 Å². The number of ether oxygens (including phenoxy) is 2. The van der Waals surface area contributed by atoms with E-state index in [2.05, 4.69) is 39.0 Å². The summed E-state index contributed by atoms with van der Waals surface area (Å²) < 4.78 is 12.1. The molecule has 108 valence electrons. The molecule has 0 spiro atoms. The summed E-state index contributed by atoms with van der Waals surface area (Å²) in [4.78, 5) is 0. The molecule has 0 amide bonds. The van der Waals surface area contributed by atoms with Crippen LogP contribution in [0.15, 0.2) is 36.4 Å². The van der Waals surface area contributed by atoms with E-state index in [4.69, 9.17) is 9.47 Å². The van der Waals surface area contributed by atoms with Crippen LogP contribution in [0.5, 0.6) is 11.5 Å². The Morgan fingerprint density at radius 3 is 1.95 bits per heavy atom. The maximum atomic E-state index is 6.09. The smallest absolute Gasteiger partial charge is 0.131 e. The van der Waals surface area contributed by atoms with Gasteiger partial charge in [0, 0.05) is 11.5 Å². The Morgan fingerprint density at radius 2 is 1.35 bits per heavy atom. The SMILES string of the molecule is CC(C)(C)Oc1cc(OC(C)(C)C)c2ccccc2c1. The molecular formula is C18H24O2.